The largest absolute Gasteiger partial charge is 0.397 e. The summed E-state index contributed by atoms with van der Waals surface area (Å²) >= 11 is 8.16. The van der Waals surface area contributed by atoms with E-state index in [2.05, 4.69) is 27.9 Å². The van der Waals surface area contributed by atoms with Crippen molar-refractivity contribution in [1.29, 1.82) is 0 Å². The summed E-state index contributed by atoms with van der Waals surface area (Å²) in [5.74, 6) is -0.219. The smallest absolute Gasteiger partial charge is 0.255 e. The highest BCUT2D eigenvalue weighted by Crippen LogP contribution is 2.27. The van der Waals surface area contributed by atoms with Crippen molar-refractivity contribution in [2.45, 2.75) is 13.8 Å². The van der Waals surface area contributed by atoms with Crippen LogP contribution in [-0.4, -0.2) is 5.91 Å². The van der Waals surface area contributed by atoms with Crippen molar-refractivity contribution in [2.75, 3.05) is 11.1 Å². The molecule has 0 bridgehead atoms. The lowest BCUT2D eigenvalue weighted by molar-refractivity contribution is 0.102. The lowest BCUT2D eigenvalue weighted by Gasteiger charge is -2.13. The van der Waals surface area contributed by atoms with Crippen molar-refractivity contribution in [3.63, 3.8) is 0 Å². The first kappa shape index (κ1) is 15.1. The number of anilines is 2. The highest BCUT2D eigenvalue weighted by atomic mass is 127. The molecular weight excluding hydrogens is 387 g/mol. The molecular formula is C15H14ClIN2O. The number of nitrogens with one attached hydrogen (secondary N) is 1. The number of nitrogens with two attached hydrogens (primary N) is 1. The highest BCUT2D eigenvalue weighted by Gasteiger charge is 2.12. The molecule has 0 saturated carbocycles. The topological polar surface area (TPSA) is 55.1 Å². The number of carbonyl (C=O) groups excluding carboxylic acids is 1. The molecule has 0 radical (unpaired) electrons. The van der Waals surface area contributed by atoms with E-state index in [0.29, 0.717) is 22.0 Å². The van der Waals surface area contributed by atoms with Gasteiger partial charge in [0, 0.05) is 9.13 Å². The average Bonchev–Trinajstić information content (AvgIpc) is 2.42. The van der Waals surface area contributed by atoms with Gasteiger partial charge in [-0.05, 0) is 71.8 Å². The van der Waals surface area contributed by atoms with Crippen LogP contribution < -0.4 is 11.1 Å². The summed E-state index contributed by atoms with van der Waals surface area (Å²) in [6, 6.07) is 8.93. The van der Waals surface area contributed by atoms with E-state index in [4.69, 9.17) is 17.3 Å². The van der Waals surface area contributed by atoms with E-state index in [1.54, 1.807) is 18.2 Å². The highest BCUT2D eigenvalue weighted by molar-refractivity contribution is 14.1. The number of rotatable bonds is 2. The number of hydrogen-bond donors (Lipinski definition) is 2. The van der Waals surface area contributed by atoms with Gasteiger partial charge in [0.1, 0.15) is 0 Å². The first-order valence-corrected chi connectivity index (χ1v) is 7.48. The van der Waals surface area contributed by atoms with E-state index in [0.717, 1.165) is 14.7 Å². The number of nitrogen functional groups attached to an aromatic ring is 1. The molecule has 5 heteroatoms. The summed E-state index contributed by atoms with van der Waals surface area (Å²) in [4.78, 5) is 12.3. The predicted molar refractivity (Wildman–Crippen MR) is 92.5 cm³/mol. The molecule has 20 heavy (non-hydrogen) atoms. The van der Waals surface area contributed by atoms with Gasteiger partial charge in [0.15, 0.2) is 0 Å². The molecule has 0 aliphatic heterocycles. The molecule has 0 atom stereocenters. The molecule has 104 valence electrons. The minimum absolute atomic E-state index is 0.219. The molecule has 2 aromatic rings. The van der Waals surface area contributed by atoms with Gasteiger partial charge in [-0.25, -0.2) is 0 Å². The van der Waals surface area contributed by atoms with Gasteiger partial charge in [-0.1, -0.05) is 17.7 Å². The fourth-order valence-corrected chi connectivity index (χ4v) is 2.34. The molecule has 0 aromatic heterocycles. The Morgan fingerprint density at radius 1 is 1.25 bits per heavy atom. The zero-order valence-electron chi connectivity index (χ0n) is 11.1. The molecule has 0 saturated heterocycles. The molecule has 3 N–H and O–H groups in total. The third-order valence-corrected chi connectivity index (χ3v) is 4.76. The van der Waals surface area contributed by atoms with Gasteiger partial charge in [0.2, 0.25) is 0 Å². The Labute approximate surface area is 136 Å². The fourth-order valence-electron chi connectivity index (χ4n) is 1.83. The van der Waals surface area contributed by atoms with E-state index in [-0.39, 0.29) is 5.91 Å². The lowest BCUT2D eigenvalue weighted by atomic mass is 10.1. The van der Waals surface area contributed by atoms with Gasteiger partial charge in [0.05, 0.1) is 16.4 Å². The lowest BCUT2D eigenvalue weighted by Crippen LogP contribution is -2.14. The van der Waals surface area contributed by atoms with E-state index in [1.165, 1.54) is 0 Å². The average molecular weight is 401 g/mol. The Hall–Kier alpha value is -1.27. The van der Waals surface area contributed by atoms with Crippen LogP contribution in [0.3, 0.4) is 0 Å². The quantitative estimate of drug-likeness (QED) is 0.580. The number of carbonyl (C=O) groups is 1. The second-order valence-corrected chi connectivity index (χ2v) is 6.12. The minimum atomic E-state index is -0.219. The third-order valence-electron chi connectivity index (χ3n) is 3.19. The Bertz CT molecular complexity index is 686. The summed E-state index contributed by atoms with van der Waals surface area (Å²) < 4.78 is 0.909. The van der Waals surface area contributed by atoms with Gasteiger partial charge < -0.3 is 11.1 Å². The van der Waals surface area contributed by atoms with Crippen LogP contribution in [0.15, 0.2) is 30.3 Å². The van der Waals surface area contributed by atoms with Crippen molar-refractivity contribution in [2.24, 2.45) is 0 Å². The van der Waals surface area contributed by atoms with Crippen LogP contribution in [0.2, 0.25) is 5.02 Å². The van der Waals surface area contributed by atoms with Crippen LogP contribution in [0.5, 0.6) is 0 Å². The Morgan fingerprint density at radius 2 is 1.95 bits per heavy atom. The summed E-state index contributed by atoms with van der Waals surface area (Å²) in [5.41, 5.74) is 9.70. The maximum atomic E-state index is 12.3. The summed E-state index contributed by atoms with van der Waals surface area (Å²) in [5, 5.41) is 3.42. The molecule has 0 aliphatic carbocycles. The molecule has 0 fully saturated rings. The second-order valence-electron chi connectivity index (χ2n) is 4.55. The van der Waals surface area contributed by atoms with Crippen LogP contribution in [0.4, 0.5) is 11.4 Å². The minimum Gasteiger partial charge on any atom is -0.397 e. The zero-order valence-corrected chi connectivity index (χ0v) is 14.0. The van der Waals surface area contributed by atoms with Crippen molar-refractivity contribution in [1.82, 2.24) is 0 Å². The number of amides is 1. The van der Waals surface area contributed by atoms with E-state index >= 15 is 0 Å². The van der Waals surface area contributed by atoms with E-state index in [9.17, 15) is 4.79 Å². The van der Waals surface area contributed by atoms with E-state index < -0.39 is 0 Å². The van der Waals surface area contributed by atoms with Crippen LogP contribution in [0.1, 0.15) is 21.5 Å². The summed E-state index contributed by atoms with van der Waals surface area (Å²) in [6.07, 6.45) is 0. The van der Waals surface area contributed by atoms with Crippen molar-refractivity contribution in [3.8, 4) is 0 Å². The van der Waals surface area contributed by atoms with Crippen LogP contribution in [0, 0.1) is 17.4 Å². The number of hydrogen-bond acceptors (Lipinski definition) is 2. The molecule has 0 heterocycles. The predicted octanol–water partition coefficient (Wildman–Crippen LogP) is 4.40. The monoisotopic (exact) mass is 400 g/mol. The maximum absolute atomic E-state index is 12.3. The second kappa shape index (κ2) is 6.01. The standard InChI is InChI=1S/C15H14ClIN2O/c1-8-3-6-13(18)14(9(8)2)19-15(20)10-4-5-12(17)11(16)7-10/h3-7H,18H2,1-2H3,(H,19,20). The molecule has 0 unspecified atom stereocenters. The Kier molecular flexibility index (Phi) is 4.55. The molecule has 1 amide bonds. The van der Waals surface area contributed by atoms with Crippen molar-refractivity contribution in [3.05, 3.63) is 55.6 Å². The Balaban J connectivity index is 2.32. The maximum Gasteiger partial charge on any atom is 0.255 e. The van der Waals surface area contributed by atoms with Crippen molar-refractivity contribution < 1.29 is 4.79 Å². The number of aryl methyl sites for hydroxylation is 1. The van der Waals surface area contributed by atoms with Gasteiger partial charge in [0.25, 0.3) is 5.91 Å². The van der Waals surface area contributed by atoms with Crippen LogP contribution in [-0.2, 0) is 0 Å². The molecule has 0 spiro atoms. The van der Waals surface area contributed by atoms with Gasteiger partial charge in [-0.2, -0.15) is 0 Å². The van der Waals surface area contributed by atoms with Gasteiger partial charge >= 0.3 is 0 Å². The first-order chi connectivity index (χ1) is 9.40. The van der Waals surface area contributed by atoms with Crippen molar-refractivity contribution >= 4 is 51.5 Å². The summed E-state index contributed by atoms with van der Waals surface area (Å²) in [7, 11) is 0. The van der Waals surface area contributed by atoms with Gasteiger partial charge in [-0.15, -0.1) is 0 Å². The third kappa shape index (κ3) is 3.07. The molecule has 2 rings (SSSR count). The van der Waals surface area contributed by atoms with E-state index in [1.807, 2.05) is 26.0 Å². The Morgan fingerprint density at radius 3 is 2.60 bits per heavy atom. The molecule has 3 nitrogen and oxygen atoms in total. The molecule has 0 aliphatic rings. The normalized spacial score (nSPS) is 10.4. The molecule has 2 aromatic carbocycles. The van der Waals surface area contributed by atoms with Gasteiger partial charge in [-0.3, -0.25) is 4.79 Å². The van der Waals surface area contributed by atoms with Crippen LogP contribution in [0.25, 0.3) is 0 Å². The fraction of sp³-hybridized carbons (Fsp3) is 0.133. The SMILES string of the molecule is Cc1ccc(N)c(NC(=O)c2ccc(I)c(Cl)c2)c1C. The zero-order chi connectivity index (χ0) is 14.9. The first-order valence-electron chi connectivity index (χ1n) is 6.02. The number of halogens is 2. The number of benzene rings is 2. The summed E-state index contributed by atoms with van der Waals surface area (Å²) in [6.45, 7) is 3.91. The van der Waals surface area contributed by atoms with Crippen LogP contribution >= 0.6 is 34.2 Å².